The lowest BCUT2D eigenvalue weighted by Crippen LogP contribution is -2.30. The first-order valence-electron chi connectivity index (χ1n) is 6.19. The fourth-order valence-corrected chi connectivity index (χ4v) is 2.78. The van der Waals surface area contributed by atoms with E-state index in [2.05, 4.69) is 15.9 Å². The lowest BCUT2D eigenvalue weighted by atomic mass is 10.1. The Morgan fingerprint density at radius 1 is 1.56 bits per heavy atom. The van der Waals surface area contributed by atoms with E-state index in [-0.39, 0.29) is 5.91 Å². The zero-order valence-corrected chi connectivity index (χ0v) is 12.1. The molecule has 1 aliphatic rings. The summed E-state index contributed by atoms with van der Waals surface area (Å²) in [5.74, 6) is 1.63. The Labute approximate surface area is 116 Å². The Morgan fingerprint density at radius 3 is 3.06 bits per heavy atom. The van der Waals surface area contributed by atoms with Gasteiger partial charge in [-0.3, -0.25) is 4.79 Å². The number of likely N-dealkylation sites (tertiary alicyclic amines) is 1. The molecular weight excluding hydrogens is 294 g/mol. The van der Waals surface area contributed by atoms with E-state index in [1.807, 2.05) is 29.2 Å². The van der Waals surface area contributed by atoms with E-state index in [0.717, 1.165) is 36.2 Å². The molecule has 1 unspecified atom stereocenters. The van der Waals surface area contributed by atoms with E-state index in [1.54, 1.807) is 7.11 Å². The first-order valence-corrected chi connectivity index (χ1v) is 7.31. The highest BCUT2D eigenvalue weighted by atomic mass is 79.9. The van der Waals surface area contributed by atoms with Crippen molar-refractivity contribution in [3.63, 3.8) is 0 Å². The number of carbonyl (C=O) groups excluding carboxylic acids is 1. The molecule has 0 aromatic heterocycles. The second kappa shape index (κ2) is 6.23. The van der Waals surface area contributed by atoms with Crippen LogP contribution in [0.15, 0.2) is 24.3 Å². The minimum Gasteiger partial charge on any atom is -0.497 e. The molecular formula is C14H18BrNO2. The number of benzene rings is 1. The summed E-state index contributed by atoms with van der Waals surface area (Å²) < 4.78 is 5.17. The van der Waals surface area contributed by atoms with Crippen molar-refractivity contribution < 1.29 is 9.53 Å². The van der Waals surface area contributed by atoms with Gasteiger partial charge < -0.3 is 9.64 Å². The average molecular weight is 312 g/mol. The Kier molecular flexibility index (Phi) is 4.64. The van der Waals surface area contributed by atoms with Crippen molar-refractivity contribution in [3.8, 4) is 5.75 Å². The molecule has 2 rings (SSSR count). The number of halogens is 1. The third kappa shape index (κ3) is 3.25. The smallest absolute Gasteiger partial charge is 0.227 e. The number of nitrogens with zero attached hydrogens (tertiary/aromatic N) is 1. The van der Waals surface area contributed by atoms with E-state index in [1.165, 1.54) is 0 Å². The van der Waals surface area contributed by atoms with Crippen LogP contribution in [0.5, 0.6) is 5.75 Å². The van der Waals surface area contributed by atoms with Crippen LogP contribution in [-0.4, -0.2) is 36.3 Å². The van der Waals surface area contributed by atoms with Crippen LogP contribution in [0, 0.1) is 5.92 Å². The maximum Gasteiger partial charge on any atom is 0.227 e. The van der Waals surface area contributed by atoms with Gasteiger partial charge in [0.05, 0.1) is 13.5 Å². The minimum atomic E-state index is 0.215. The molecule has 1 aromatic rings. The Hall–Kier alpha value is -1.03. The molecule has 1 atom stereocenters. The van der Waals surface area contributed by atoms with Gasteiger partial charge in [-0.15, -0.1) is 0 Å². The van der Waals surface area contributed by atoms with Gasteiger partial charge in [0.15, 0.2) is 0 Å². The van der Waals surface area contributed by atoms with Gasteiger partial charge >= 0.3 is 0 Å². The van der Waals surface area contributed by atoms with Gasteiger partial charge in [-0.2, -0.15) is 0 Å². The number of amides is 1. The van der Waals surface area contributed by atoms with Gasteiger partial charge in [-0.1, -0.05) is 28.1 Å². The van der Waals surface area contributed by atoms with Crippen LogP contribution in [0.2, 0.25) is 0 Å². The molecule has 0 bridgehead atoms. The summed E-state index contributed by atoms with van der Waals surface area (Å²) >= 11 is 3.48. The molecule has 1 fully saturated rings. The SMILES string of the molecule is COc1cccc(CC(=O)N2CCC(CBr)C2)c1. The van der Waals surface area contributed by atoms with Crippen molar-refractivity contribution in [1.29, 1.82) is 0 Å². The van der Waals surface area contributed by atoms with Crippen molar-refractivity contribution in [3.05, 3.63) is 29.8 Å². The van der Waals surface area contributed by atoms with Gasteiger partial charge in [0, 0.05) is 18.4 Å². The van der Waals surface area contributed by atoms with Crippen LogP contribution in [0.25, 0.3) is 0 Å². The molecule has 1 saturated heterocycles. The third-order valence-electron chi connectivity index (χ3n) is 3.35. The number of carbonyl (C=O) groups is 1. The summed E-state index contributed by atoms with van der Waals surface area (Å²) in [6, 6.07) is 7.71. The summed E-state index contributed by atoms with van der Waals surface area (Å²) in [4.78, 5) is 14.1. The molecule has 1 heterocycles. The number of hydrogen-bond donors (Lipinski definition) is 0. The topological polar surface area (TPSA) is 29.5 Å². The summed E-state index contributed by atoms with van der Waals surface area (Å²) in [5.41, 5.74) is 1.02. The molecule has 0 saturated carbocycles. The zero-order chi connectivity index (χ0) is 13.0. The second-order valence-electron chi connectivity index (χ2n) is 4.68. The highest BCUT2D eigenvalue weighted by molar-refractivity contribution is 9.09. The minimum absolute atomic E-state index is 0.215. The van der Waals surface area contributed by atoms with E-state index in [0.29, 0.717) is 12.3 Å². The predicted octanol–water partition coefficient (Wildman–Crippen LogP) is 2.48. The number of hydrogen-bond acceptors (Lipinski definition) is 2. The molecule has 98 valence electrons. The molecule has 0 aliphatic carbocycles. The monoisotopic (exact) mass is 311 g/mol. The first kappa shape index (κ1) is 13.4. The Morgan fingerprint density at radius 2 is 2.39 bits per heavy atom. The maximum atomic E-state index is 12.1. The lowest BCUT2D eigenvalue weighted by molar-refractivity contribution is -0.129. The van der Waals surface area contributed by atoms with Gasteiger partial charge in [0.2, 0.25) is 5.91 Å². The fraction of sp³-hybridized carbons (Fsp3) is 0.500. The molecule has 1 amide bonds. The van der Waals surface area contributed by atoms with Crippen LogP contribution in [0.1, 0.15) is 12.0 Å². The summed E-state index contributed by atoms with van der Waals surface area (Å²) in [6.45, 7) is 1.77. The number of methoxy groups -OCH3 is 1. The van der Waals surface area contributed by atoms with Crippen molar-refractivity contribution in [2.24, 2.45) is 5.92 Å². The summed E-state index contributed by atoms with van der Waals surface area (Å²) in [6.07, 6.45) is 1.57. The van der Waals surface area contributed by atoms with E-state index in [4.69, 9.17) is 4.74 Å². The Bertz CT molecular complexity index is 422. The van der Waals surface area contributed by atoms with Crippen molar-refractivity contribution in [2.45, 2.75) is 12.8 Å². The van der Waals surface area contributed by atoms with E-state index < -0.39 is 0 Å². The van der Waals surface area contributed by atoms with Crippen molar-refractivity contribution in [1.82, 2.24) is 4.90 Å². The first-order chi connectivity index (χ1) is 8.72. The second-order valence-corrected chi connectivity index (χ2v) is 5.32. The van der Waals surface area contributed by atoms with Gasteiger partial charge in [-0.25, -0.2) is 0 Å². The number of rotatable bonds is 4. The number of ether oxygens (including phenoxy) is 1. The van der Waals surface area contributed by atoms with Crippen LogP contribution < -0.4 is 4.74 Å². The highest BCUT2D eigenvalue weighted by Crippen LogP contribution is 2.20. The molecule has 0 spiro atoms. The molecule has 3 nitrogen and oxygen atoms in total. The highest BCUT2D eigenvalue weighted by Gasteiger charge is 2.25. The quantitative estimate of drug-likeness (QED) is 0.800. The molecule has 1 aromatic carbocycles. The number of alkyl halides is 1. The van der Waals surface area contributed by atoms with Crippen molar-refractivity contribution >= 4 is 21.8 Å². The fourth-order valence-electron chi connectivity index (χ4n) is 2.25. The Balaban J connectivity index is 1.94. The normalized spacial score (nSPS) is 19.0. The largest absolute Gasteiger partial charge is 0.497 e. The van der Waals surface area contributed by atoms with Crippen LogP contribution in [-0.2, 0) is 11.2 Å². The summed E-state index contributed by atoms with van der Waals surface area (Å²) in [5, 5.41) is 0.982. The van der Waals surface area contributed by atoms with E-state index >= 15 is 0 Å². The zero-order valence-electron chi connectivity index (χ0n) is 10.6. The van der Waals surface area contributed by atoms with Crippen LogP contribution in [0.3, 0.4) is 0 Å². The molecule has 18 heavy (non-hydrogen) atoms. The average Bonchev–Trinajstić information content (AvgIpc) is 2.88. The molecule has 4 heteroatoms. The lowest BCUT2D eigenvalue weighted by Gasteiger charge is -2.16. The molecule has 0 N–H and O–H groups in total. The van der Waals surface area contributed by atoms with Crippen LogP contribution in [0.4, 0.5) is 0 Å². The van der Waals surface area contributed by atoms with Gasteiger partial charge in [0.1, 0.15) is 5.75 Å². The standard InChI is InChI=1S/C14H18BrNO2/c1-18-13-4-2-3-11(7-13)8-14(17)16-6-5-12(9-15)10-16/h2-4,7,12H,5-6,8-10H2,1H3. The summed E-state index contributed by atoms with van der Waals surface area (Å²) in [7, 11) is 1.64. The van der Waals surface area contributed by atoms with E-state index in [9.17, 15) is 4.79 Å². The van der Waals surface area contributed by atoms with Gasteiger partial charge in [-0.05, 0) is 30.0 Å². The van der Waals surface area contributed by atoms with Gasteiger partial charge in [0.25, 0.3) is 0 Å². The third-order valence-corrected chi connectivity index (χ3v) is 4.26. The maximum absolute atomic E-state index is 12.1. The molecule has 1 aliphatic heterocycles. The predicted molar refractivity (Wildman–Crippen MR) is 75.2 cm³/mol. The molecule has 0 radical (unpaired) electrons. The van der Waals surface area contributed by atoms with Crippen molar-refractivity contribution in [2.75, 3.05) is 25.5 Å². The van der Waals surface area contributed by atoms with Crippen LogP contribution >= 0.6 is 15.9 Å².